The summed E-state index contributed by atoms with van der Waals surface area (Å²) in [6, 6.07) is 0. The van der Waals surface area contributed by atoms with Crippen LogP contribution in [0.2, 0.25) is 0 Å². The molecule has 1 N–H and O–H groups in total. The monoisotopic (exact) mass is 280 g/mol. The fourth-order valence-corrected chi connectivity index (χ4v) is 1.44. The standard InChI is InChI=1S/C10H18F6N2/c1-3-18(4-2)6-5-17-7-8(9(11,12)13)10(14,15)16/h8,17H,3-7H2,1-2H3. The van der Waals surface area contributed by atoms with Gasteiger partial charge in [0.2, 0.25) is 0 Å². The van der Waals surface area contributed by atoms with Gasteiger partial charge < -0.3 is 10.2 Å². The van der Waals surface area contributed by atoms with Gasteiger partial charge in [0.15, 0.2) is 5.92 Å². The second-order valence-electron chi connectivity index (χ2n) is 3.87. The second kappa shape index (κ2) is 7.18. The first-order valence-electron chi connectivity index (χ1n) is 5.69. The van der Waals surface area contributed by atoms with E-state index < -0.39 is 24.8 Å². The molecule has 2 nitrogen and oxygen atoms in total. The maximum atomic E-state index is 12.2. The molecule has 0 saturated heterocycles. The molecule has 0 fully saturated rings. The van der Waals surface area contributed by atoms with Crippen molar-refractivity contribution in [2.45, 2.75) is 26.2 Å². The maximum Gasteiger partial charge on any atom is 0.401 e. The number of hydrogen-bond donors (Lipinski definition) is 1. The SMILES string of the molecule is CCN(CC)CCNCC(C(F)(F)F)C(F)(F)F. The third kappa shape index (κ3) is 6.44. The van der Waals surface area contributed by atoms with Crippen LogP contribution in [0.5, 0.6) is 0 Å². The van der Waals surface area contributed by atoms with E-state index in [1.807, 2.05) is 18.7 Å². The van der Waals surface area contributed by atoms with Gasteiger partial charge in [-0.25, -0.2) is 0 Å². The summed E-state index contributed by atoms with van der Waals surface area (Å²) in [5.41, 5.74) is 0. The van der Waals surface area contributed by atoms with Crippen molar-refractivity contribution in [2.24, 2.45) is 5.92 Å². The van der Waals surface area contributed by atoms with Gasteiger partial charge in [0.25, 0.3) is 0 Å². The number of rotatable bonds is 7. The predicted octanol–water partition coefficient (Wildman–Crippen LogP) is 2.66. The lowest BCUT2D eigenvalue weighted by atomic mass is 10.1. The highest BCUT2D eigenvalue weighted by atomic mass is 19.4. The van der Waals surface area contributed by atoms with Crippen molar-refractivity contribution in [1.82, 2.24) is 10.2 Å². The Bertz CT molecular complexity index is 207. The van der Waals surface area contributed by atoms with Crippen LogP contribution >= 0.6 is 0 Å². The predicted molar refractivity (Wildman–Crippen MR) is 56.3 cm³/mol. The first kappa shape index (κ1) is 17.5. The van der Waals surface area contributed by atoms with Gasteiger partial charge in [0.1, 0.15) is 0 Å². The number of alkyl halides is 6. The summed E-state index contributed by atoms with van der Waals surface area (Å²) in [6.45, 7) is 4.56. The zero-order valence-electron chi connectivity index (χ0n) is 10.3. The Balaban J connectivity index is 4.15. The lowest BCUT2D eigenvalue weighted by Crippen LogP contribution is -2.44. The smallest absolute Gasteiger partial charge is 0.314 e. The zero-order valence-corrected chi connectivity index (χ0v) is 10.3. The highest BCUT2D eigenvalue weighted by Crippen LogP contribution is 2.38. The summed E-state index contributed by atoms with van der Waals surface area (Å²) in [5.74, 6) is -3.30. The highest BCUT2D eigenvalue weighted by Gasteiger charge is 2.56. The van der Waals surface area contributed by atoms with Gasteiger partial charge in [-0.15, -0.1) is 0 Å². The Morgan fingerprint density at radius 1 is 0.944 bits per heavy atom. The summed E-state index contributed by atoms with van der Waals surface area (Å²) in [7, 11) is 0. The molecular weight excluding hydrogens is 262 g/mol. The van der Waals surface area contributed by atoms with E-state index in [1.165, 1.54) is 0 Å². The molecule has 0 saturated carbocycles. The summed E-state index contributed by atoms with van der Waals surface area (Å²) in [5, 5.41) is 2.22. The minimum atomic E-state index is -5.26. The molecule has 0 aromatic carbocycles. The Hall–Kier alpha value is -0.500. The third-order valence-electron chi connectivity index (χ3n) is 2.64. The Labute approximate surface area is 102 Å². The Morgan fingerprint density at radius 3 is 1.72 bits per heavy atom. The first-order chi connectivity index (χ1) is 8.12. The van der Waals surface area contributed by atoms with E-state index >= 15 is 0 Å². The lowest BCUT2D eigenvalue weighted by molar-refractivity contribution is -0.281. The number of nitrogens with zero attached hydrogens (tertiary/aromatic N) is 1. The first-order valence-corrected chi connectivity index (χ1v) is 5.69. The van der Waals surface area contributed by atoms with E-state index in [-0.39, 0.29) is 6.54 Å². The third-order valence-corrected chi connectivity index (χ3v) is 2.64. The van der Waals surface area contributed by atoms with Gasteiger partial charge in [0.05, 0.1) is 0 Å². The summed E-state index contributed by atoms with van der Waals surface area (Å²) < 4.78 is 73.0. The van der Waals surface area contributed by atoms with Crippen LogP contribution < -0.4 is 5.32 Å². The van der Waals surface area contributed by atoms with Gasteiger partial charge >= 0.3 is 12.4 Å². The second-order valence-corrected chi connectivity index (χ2v) is 3.87. The number of hydrogen-bond acceptors (Lipinski definition) is 2. The Kier molecular flexibility index (Phi) is 6.98. The molecule has 0 bridgehead atoms. The van der Waals surface area contributed by atoms with E-state index in [4.69, 9.17) is 0 Å². The molecule has 0 aliphatic rings. The summed E-state index contributed by atoms with van der Waals surface area (Å²) >= 11 is 0. The van der Waals surface area contributed by atoms with E-state index in [2.05, 4.69) is 5.32 Å². The highest BCUT2D eigenvalue weighted by molar-refractivity contribution is 4.77. The average molecular weight is 280 g/mol. The largest absolute Gasteiger partial charge is 0.401 e. The number of nitrogens with one attached hydrogen (secondary N) is 1. The van der Waals surface area contributed by atoms with Crippen LogP contribution in [-0.2, 0) is 0 Å². The van der Waals surface area contributed by atoms with Crippen LogP contribution in [0.4, 0.5) is 26.3 Å². The van der Waals surface area contributed by atoms with Crippen molar-refractivity contribution in [3.63, 3.8) is 0 Å². The van der Waals surface area contributed by atoms with Gasteiger partial charge in [-0.3, -0.25) is 0 Å². The Morgan fingerprint density at radius 2 is 1.39 bits per heavy atom. The van der Waals surface area contributed by atoms with E-state index in [0.29, 0.717) is 19.6 Å². The molecule has 0 heterocycles. The van der Waals surface area contributed by atoms with Crippen molar-refractivity contribution in [3.8, 4) is 0 Å². The molecule has 0 aromatic rings. The van der Waals surface area contributed by atoms with E-state index in [1.54, 1.807) is 0 Å². The van der Waals surface area contributed by atoms with Crippen LogP contribution in [0.1, 0.15) is 13.8 Å². The zero-order chi connectivity index (χ0) is 14.4. The van der Waals surface area contributed by atoms with Gasteiger partial charge in [-0.05, 0) is 13.1 Å². The van der Waals surface area contributed by atoms with Crippen LogP contribution in [0.25, 0.3) is 0 Å². The van der Waals surface area contributed by atoms with Gasteiger partial charge in [-0.2, -0.15) is 26.3 Å². The maximum absolute atomic E-state index is 12.2. The van der Waals surface area contributed by atoms with E-state index in [0.717, 1.165) is 0 Å². The molecule has 0 aliphatic heterocycles. The molecule has 0 radical (unpaired) electrons. The van der Waals surface area contributed by atoms with Crippen LogP contribution in [0.3, 0.4) is 0 Å². The van der Waals surface area contributed by atoms with Crippen LogP contribution in [0.15, 0.2) is 0 Å². The fraction of sp³-hybridized carbons (Fsp3) is 1.00. The van der Waals surface area contributed by atoms with E-state index in [9.17, 15) is 26.3 Å². The topological polar surface area (TPSA) is 15.3 Å². The minimum absolute atomic E-state index is 0.102. The fourth-order valence-electron chi connectivity index (χ4n) is 1.44. The van der Waals surface area contributed by atoms with Crippen LogP contribution in [-0.4, -0.2) is 50.0 Å². The molecule has 110 valence electrons. The molecule has 0 atom stereocenters. The van der Waals surface area contributed by atoms with Crippen molar-refractivity contribution in [2.75, 3.05) is 32.7 Å². The molecule has 18 heavy (non-hydrogen) atoms. The molecule has 0 rings (SSSR count). The molecule has 0 amide bonds. The lowest BCUT2D eigenvalue weighted by Gasteiger charge is -2.24. The van der Waals surface area contributed by atoms with Gasteiger partial charge in [0, 0.05) is 19.6 Å². The molecule has 0 spiro atoms. The molecule has 0 aliphatic carbocycles. The van der Waals surface area contributed by atoms with Crippen LogP contribution in [0, 0.1) is 5.92 Å². The van der Waals surface area contributed by atoms with Crippen molar-refractivity contribution in [3.05, 3.63) is 0 Å². The molecule has 0 aromatic heterocycles. The number of halogens is 6. The van der Waals surface area contributed by atoms with Gasteiger partial charge in [-0.1, -0.05) is 13.8 Å². The molecule has 0 unspecified atom stereocenters. The quantitative estimate of drug-likeness (QED) is 0.570. The minimum Gasteiger partial charge on any atom is -0.314 e. The van der Waals surface area contributed by atoms with Crippen molar-refractivity contribution in [1.29, 1.82) is 0 Å². The summed E-state index contributed by atoms with van der Waals surface area (Å²) in [6.07, 6.45) is -10.5. The van der Waals surface area contributed by atoms with Crippen molar-refractivity contribution >= 4 is 0 Å². The normalized spacial score (nSPS) is 13.7. The molecule has 8 heteroatoms. The summed E-state index contributed by atoms with van der Waals surface area (Å²) in [4.78, 5) is 1.91. The van der Waals surface area contributed by atoms with Crippen molar-refractivity contribution < 1.29 is 26.3 Å². The average Bonchev–Trinajstić information content (AvgIpc) is 2.19. The number of likely N-dealkylation sites (N-methyl/N-ethyl adjacent to an activating group) is 1. The molecular formula is C10H18F6N2.